The standard InChI is InChI=1S/C15H21N3O2S.HI/c1-19-9-7-17-15(18-11-13-5-10-21-12-13)16-6-4-14-3-2-8-20-14;/h2-3,5,8,10,12H,4,6-7,9,11H2,1H3,(H2,16,17,18);1H. The first kappa shape index (κ1) is 19.0. The average Bonchev–Trinajstić information content (AvgIpc) is 3.18. The number of methoxy groups -OCH3 is 1. The Hall–Kier alpha value is -1.06. The molecule has 0 unspecified atom stereocenters. The minimum atomic E-state index is 0. The maximum absolute atomic E-state index is 5.31. The molecule has 2 N–H and O–H groups in total. The number of halogens is 1. The fourth-order valence-electron chi connectivity index (χ4n) is 1.76. The third kappa shape index (κ3) is 7.28. The van der Waals surface area contributed by atoms with Crippen molar-refractivity contribution in [2.75, 3.05) is 26.8 Å². The van der Waals surface area contributed by atoms with E-state index < -0.39 is 0 Å². The number of thiophene rings is 1. The molecule has 122 valence electrons. The molecule has 2 aromatic rings. The van der Waals surface area contributed by atoms with Gasteiger partial charge in [0, 0.05) is 26.6 Å². The summed E-state index contributed by atoms with van der Waals surface area (Å²) in [7, 11) is 1.69. The second-order valence-corrected chi connectivity index (χ2v) is 5.25. The predicted molar refractivity (Wildman–Crippen MR) is 101 cm³/mol. The normalized spacial score (nSPS) is 11.0. The van der Waals surface area contributed by atoms with Crippen LogP contribution in [0.1, 0.15) is 11.3 Å². The number of rotatable bonds is 8. The van der Waals surface area contributed by atoms with Crippen LogP contribution in [0.25, 0.3) is 0 Å². The average molecular weight is 435 g/mol. The lowest BCUT2D eigenvalue weighted by Crippen LogP contribution is -2.39. The second-order valence-electron chi connectivity index (χ2n) is 4.47. The Balaban J connectivity index is 0.00000242. The monoisotopic (exact) mass is 435 g/mol. The molecular weight excluding hydrogens is 413 g/mol. The molecule has 0 amide bonds. The van der Waals surface area contributed by atoms with Gasteiger partial charge in [-0.3, -0.25) is 0 Å². The summed E-state index contributed by atoms with van der Waals surface area (Å²) in [6.07, 6.45) is 2.52. The van der Waals surface area contributed by atoms with Crippen LogP contribution in [0.15, 0.2) is 44.6 Å². The summed E-state index contributed by atoms with van der Waals surface area (Å²) in [5.74, 6) is 1.77. The molecule has 0 fully saturated rings. The van der Waals surface area contributed by atoms with Crippen LogP contribution in [-0.4, -0.2) is 32.8 Å². The molecule has 0 aliphatic rings. The molecule has 2 rings (SSSR count). The smallest absolute Gasteiger partial charge is 0.191 e. The number of aliphatic imine (C=N–C) groups is 1. The SMILES string of the molecule is COCCNC(=NCc1ccsc1)NCCc1ccco1.I. The summed E-state index contributed by atoms with van der Waals surface area (Å²) in [5.41, 5.74) is 1.22. The van der Waals surface area contributed by atoms with Crippen molar-refractivity contribution in [2.45, 2.75) is 13.0 Å². The van der Waals surface area contributed by atoms with E-state index in [1.54, 1.807) is 24.7 Å². The van der Waals surface area contributed by atoms with Gasteiger partial charge in [0.25, 0.3) is 0 Å². The fourth-order valence-corrected chi connectivity index (χ4v) is 2.42. The van der Waals surface area contributed by atoms with Gasteiger partial charge in [-0.1, -0.05) is 0 Å². The topological polar surface area (TPSA) is 58.8 Å². The number of guanidine groups is 1. The Bertz CT molecular complexity index is 515. The summed E-state index contributed by atoms with van der Waals surface area (Å²) in [6.45, 7) is 2.83. The Morgan fingerprint density at radius 1 is 1.32 bits per heavy atom. The molecule has 0 saturated heterocycles. The third-order valence-electron chi connectivity index (χ3n) is 2.84. The summed E-state index contributed by atoms with van der Waals surface area (Å²) < 4.78 is 10.4. The van der Waals surface area contributed by atoms with E-state index in [-0.39, 0.29) is 24.0 Å². The highest BCUT2D eigenvalue weighted by Crippen LogP contribution is 2.06. The zero-order valence-corrected chi connectivity index (χ0v) is 15.7. The number of nitrogens with zero attached hydrogens (tertiary/aromatic N) is 1. The minimum Gasteiger partial charge on any atom is -0.469 e. The Morgan fingerprint density at radius 3 is 2.86 bits per heavy atom. The minimum absolute atomic E-state index is 0. The van der Waals surface area contributed by atoms with Crippen molar-refractivity contribution >= 4 is 41.3 Å². The van der Waals surface area contributed by atoms with Gasteiger partial charge in [-0.15, -0.1) is 24.0 Å². The van der Waals surface area contributed by atoms with Crippen molar-refractivity contribution in [3.63, 3.8) is 0 Å². The predicted octanol–water partition coefficient (Wildman–Crippen LogP) is 2.88. The lowest BCUT2D eigenvalue weighted by Gasteiger charge is -2.11. The molecule has 0 radical (unpaired) electrons. The Kier molecular flexibility index (Phi) is 9.93. The number of furan rings is 1. The zero-order valence-electron chi connectivity index (χ0n) is 12.6. The summed E-state index contributed by atoms with van der Waals surface area (Å²) in [6, 6.07) is 5.96. The highest BCUT2D eigenvalue weighted by Gasteiger charge is 2.00. The highest BCUT2D eigenvalue weighted by atomic mass is 127. The van der Waals surface area contributed by atoms with Gasteiger partial charge in [0.05, 0.1) is 19.4 Å². The van der Waals surface area contributed by atoms with E-state index in [0.29, 0.717) is 13.2 Å². The van der Waals surface area contributed by atoms with E-state index in [4.69, 9.17) is 9.15 Å². The number of nitrogens with one attached hydrogen (secondary N) is 2. The molecule has 0 aromatic carbocycles. The van der Waals surface area contributed by atoms with Crippen LogP contribution in [-0.2, 0) is 17.7 Å². The van der Waals surface area contributed by atoms with E-state index in [1.165, 1.54) is 5.56 Å². The van der Waals surface area contributed by atoms with E-state index >= 15 is 0 Å². The first-order chi connectivity index (χ1) is 10.4. The van der Waals surface area contributed by atoms with Gasteiger partial charge in [-0.05, 0) is 34.5 Å². The fraction of sp³-hybridized carbons (Fsp3) is 0.400. The molecule has 22 heavy (non-hydrogen) atoms. The largest absolute Gasteiger partial charge is 0.469 e. The molecule has 2 aromatic heterocycles. The Morgan fingerprint density at radius 2 is 2.18 bits per heavy atom. The Labute approximate surface area is 152 Å². The lowest BCUT2D eigenvalue weighted by atomic mass is 10.3. The van der Waals surface area contributed by atoms with Gasteiger partial charge in [0.2, 0.25) is 0 Å². The molecule has 0 aliphatic heterocycles. The van der Waals surface area contributed by atoms with E-state index in [1.807, 2.05) is 12.1 Å². The van der Waals surface area contributed by atoms with Crippen molar-refractivity contribution in [3.8, 4) is 0 Å². The van der Waals surface area contributed by atoms with E-state index in [9.17, 15) is 0 Å². The van der Waals surface area contributed by atoms with Crippen LogP contribution in [0.3, 0.4) is 0 Å². The van der Waals surface area contributed by atoms with Gasteiger partial charge in [0.1, 0.15) is 5.76 Å². The molecule has 5 nitrogen and oxygen atoms in total. The second kappa shape index (κ2) is 11.5. The molecule has 0 aliphatic carbocycles. The molecule has 7 heteroatoms. The lowest BCUT2D eigenvalue weighted by molar-refractivity contribution is 0.203. The first-order valence-electron chi connectivity index (χ1n) is 6.93. The number of hydrogen-bond donors (Lipinski definition) is 2. The first-order valence-corrected chi connectivity index (χ1v) is 7.87. The number of hydrogen-bond acceptors (Lipinski definition) is 4. The van der Waals surface area contributed by atoms with Gasteiger partial charge >= 0.3 is 0 Å². The van der Waals surface area contributed by atoms with Gasteiger partial charge in [-0.25, -0.2) is 4.99 Å². The molecule has 0 saturated carbocycles. The van der Waals surface area contributed by atoms with Gasteiger partial charge in [0.15, 0.2) is 5.96 Å². The zero-order chi connectivity index (χ0) is 14.8. The van der Waals surface area contributed by atoms with Crippen molar-refractivity contribution in [2.24, 2.45) is 4.99 Å². The number of ether oxygens (including phenoxy) is 1. The quantitative estimate of drug-likeness (QED) is 0.290. The van der Waals surface area contributed by atoms with Crippen molar-refractivity contribution in [1.29, 1.82) is 0 Å². The van der Waals surface area contributed by atoms with Crippen LogP contribution in [0.5, 0.6) is 0 Å². The van der Waals surface area contributed by atoms with Crippen LogP contribution in [0.4, 0.5) is 0 Å². The summed E-state index contributed by atoms with van der Waals surface area (Å²) in [4.78, 5) is 4.57. The molecular formula is C15H22IN3O2S. The molecule has 0 atom stereocenters. The molecule has 0 bridgehead atoms. The summed E-state index contributed by atoms with van der Waals surface area (Å²) >= 11 is 1.69. The third-order valence-corrected chi connectivity index (χ3v) is 3.57. The molecule has 0 spiro atoms. The van der Waals surface area contributed by atoms with Crippen LogP contribution < -0.4 is 10.6 Å². The van der Waals surface area contributed by atoms with Crippen LogP contribution in [0, 0.1) is 0 Å². The highest BCUT2D eigenvalue weighted by molar-refractivity contribution is 14.0. The summed E-state index contributed by atoms with van der Waals surface area (Å²) in [5, 5.41) is 10.7. The maximum Gasteiger partial charge on any atom is 0.191 e. The van der Waals surface area contributed by atoms with Gasteiger partial charge in [-0.2, -0.15) is 11.3 Å². The van der Waals surface area contributed by atoms with Gasteiger partial charge < -0.3 is 19.8 Å². The van der Waals surface area contributed by atoms with Crippen molar-refractivity contribution < 1.29 is 9.15 Å². The van der Waals surface area contributed by atoms with E-state index in [0.717, 1.165) is 31.2 Å². The maximum atomic E-state index is 5.31. The van der Waals surface area contributed by atoms with Crippen LogP contribution in [0.2, 0.25) is 0 Å². The molecule has 2 heterocycles. The van der Waals surface area contributed by atoms with Crippen molar-refractivity contribution in [3.05, 3.63) is 46.5 Å². The van der Waals surface area contributed by atoms with Crippen molar-refractivity contribution in [1.82, 2.24) is 10.6 Å². The van der Waals surface area contributed by atoms with Crippen LogP contribution >= 0.6 is 35.3 Å². The van der Waals surface area contributed by atoms with E-state index in [2.05, 4.69) is 32.5 Å².